The number of benzene rings is 1. The zero-order valence-corrected chi connectivity index (χ0v) is 15.2. The van der Waals surface area contributed by atoms with Crippen molar-refractivity contribution in [1.29, 1.82) is 0 Å². The number of aliphatic hydroxyl groups is 2. The summed E-state index contributed by atoms with van der Waals surface area (Å²) in [5.74, 6) is 0.00702. The number of nitrogens with zero attached hydrogens (tertiary/aromatic N) is 1. The molecule has 138 valence electrons. The molecule has 0 bridgehead atoms. The lowest BCUT2D eigenvalue weighted by atomic mass is 9.79. The molecule has 2 fully saturated rings. The molecule has 6 nitrogen and oxygen atoms in total. The first-order valence-electron chi connectivity index (χ1n) is 8.69. The first kappa shape index (κ1) is 18.4. The first-order chi connectivity index (χ1) is 11.8. The van der Waals surface area contributed by atoms with Gasteiger partial charge in [0.25, 0.3) is 0 Å². The van der Waals surface area contributed by atoms with Gasteiger partial charge in [0.2, 0.25) is 5.91 Å². The van der Waals surface area contributed by atoms with Gasteiger partial charge in [-0.2, -0.15) is 0 Å². The maximum Gasteiger partial charge on any atom is 0.223 e. The summed E-state index contributed by atoms with van der Waals surface area (Å²) in [4.78, 5) is 14.3. The maximum absolute atomic E-state index is 12.4. The molecule has 1 aliphatic carbocycles. The molecule has 3 rings (SSSR count). The van der Waals surface area contributed by atoms with E-state index in [2.05, 4.69) is 0 Å². The van der Waals surface area contributed by atoms with Gasteiger partial charge in [0.05, 0.1) is 22.9 Å². The Morgan fingerprint density at radius 3 is 2.12 bits per heavy atom. The third-order valence-corrected chi connectivity index (χ3v) is 7.16. The van der Waals surface area contributed by atoms with Crippen molar-refractivity contribution in [2.24, 2.45) is 11.8 Å². The zero-order chi connectivity index (χ0) is 18.2. The van der Waals surface area contributed by atoms with Gasteiger partial charge in [-0.1, -0.05) is 17.7 Å². The molecular weight excluding hydrogens is 342 g/mol. The fourth-order valence-electron chi connectivity index (χ4n) is 3.85. The molecule has 2 aliphatic rings. The van der Waals surface area contributed by atoms with Gasteiger partial charge in [-0.05, 0) is 43.7 Å². The highest BCUT2D eigenvalue weighted by molar-refractivity contribution is 7.91. The van der Waals surface area contributed by atoms with E-state index >= 15 is 0 Å². The number of hydrogen-bond donors (Lipinski definition) is 2. The SMILES string of the molecule is Cc1ccc(S(=O)(=O)CCC(=O)N2CC3CC(O)C(O)CC3C2)cc1. The van der Waals surface area contributed by atoms with Crippen molar-refractivity contribution in [1.82, 2.24) is 4.90 Å². The average Bonchev–Trinajstić information content (AvgIpc) is 2.96. The van der Waals surface area contributed by atoms with E-state index in [9.17, 15) is 23.4 Å². The molecule has 7 heteroatoms. The lowest BCUT2D eigenvalue weighted by Gasteiger charge is -2.31. The van der Waals surface area contributed by atoms with E-state index in [1.807, 2.05) is 6.92 Å². The first-order valence-corrected chi connectivity index (χ1v) is 10.3. The van der Waals surface area contributed by atoms with Crippen LogP contribution in [0.5, 0.6) is 0 Å². The van der Waals surface area contributed by atoms with E-state index in [0.29, 0.717) is 25.9 Å². The van der Waals surface area contributed by atoms with Crippen molar-refractivity contribution in [2.45, 2.75) is 43.3 Å². The standard InChI is InChI=1S/C18H25NO5S/c1-12-2-4-15(5-3-12)25(23,24)7-6-18(22)19-10-13-8-16(20)17(21)9-14(13)11-19/h2-5,13-14,16-17,20-21H,6-11H2,1H3. The summed E-state index contributed by atoms with van der Waals surface area (Å²) in [6.45, 7) is 2.97. The van der Waals surface area contributed by atoms with Crippen LogP contribution in [0.4, 0.5) is 0 Å². The number of aryl methyl sites for hydroxylation is 1. The molecule has 1 saturated heterocycles. The summed E-state index contributed by atoms with van der Waals surface area (Å²) in [7, 11) is -3.47. The second-order valence-electron chi connectivity index (χ2n) is 7.31. The van der Waals surface area contributed by atoms with Gasteiger partial charge < -0.3 is 15.1 Å². The second-order valence-corrected chi connectivity index (χ2v) is 9.42. The van der Waals surface area contributed by atoms with Crippen LogP contribution in [0, 0.1) is 18.8 Å². The molecule has 4 atom stereocenters. The largest absolute Gasteiger partial charge is 0.390 e. The van der Waals surface area contributed by atoms with E-state index < -0.39 is 22.0 Å². The predicted octanol–water partition coefficient (Wildman–Crippen LogP) is 0.749. The van der Waals surface area contributed by atoms with Gasteiger partial charge >= 0.3 is 0 Å². The van der Waals surface area contributed by atoms with E-state index in [1.54, 1.807) is 29.2 Å². The summed E-state index contributed by atoms with van der Waals surface area (Å²) < 4.78 is 24.7. The van der Waals surface area contributed by atoms with Crippen molar-refractivity contribution in [3.63, 3.8) is 0 Å². The number of sulfone groups is 1. The van der Waals surface area contributed by atoms with E-state index in [1.165, 1.54) is 0 Å². The summed E-state index contributed by atoms with van der Waals surface area (Å²) >= 11 is 0. The van der Waals surface area contributed by atoms with Gasteiger partial charge in [-0.15, -0.1) is 0 Å². The molecule has 4 unspecified atom stereocenters. The quantitative estimate of drug-likeness (QED) is 0.819. The van der Waals surface area contributed by atoms with Crippen molar-refractivity contribution >= 4 is 15.7 Å². The van der Waals surface area contributed by atoms with Crippen molar-refractivity contribution in [3.05, 3.63) is 29.8 Å². The minimum absolute atomic E-state index is 0.0409. The number of fused-ring (bicyclic) bond motifs is 1. The van der Waals surface area contributed by atoms with Crippen LogP contribution < -0.4 is 0 Å². The highest BCUT2D eigenvalue weighted by Gasteiger charge is 2.42. The molecular formula is C18H25NO5S. The van der Waals surface area contributed by atoms with Crippen LogP contribution in [0.15, 0.2) is 29.2 Å². The van der Waals surface area contributed by atoms with Crippen molar-refractivity contribution < 1.29 is 23.4 Å². The van der Waals surface area contributed by atoms with Crippen LogP contribution in [-0.4, -0.2) is 60.5 Å². The summed E-state index contributed by atoms with van der Waals surface area (Å²) in [5.41, 5.74) is 0.985. The number of likely N-dealkylation sites (tertiary alicyclic amines) is 1. The van der Waals surface area contributed by atoms with Gasteiger partial charge in [0, 0.05) is 19.5 Å². The predicted molar refractivity (Wildman–Crippen MR) is 92.7 cm³/mol. The van der Waals surface area contributed by atoms with Gasteiger partial charge in [0.1, 0.15) is 0 Å². The Balaban J connectivity index is 1.57. The summed E-state index contributed by atoms with van der Waals surface area (Å²) in [6, 6.07) is 6.64. The lowest BCUT2D eigenvalue weighted by molar-refractivity contribution is -0.130. The fourth-order valence-corrected chi connectivity index (χ4v) is 5.08. The number of amides is 1. The van der Waals surface area contributed by atoms with Crippen LogP contribution in [0.25, 0.3) is 0 Å². The number of carbonyl (C=O) groups is 1. The molecule has 1 aromatic rings. The third-order valence-electron chi connectivity index (χ3n) is 5.43. The monoisotopic (exact) mass is 367 g/mol. The van der Waals surface area contributed by atoms with Crippen LogP contribution in [0.3, 0.4) is 0 Å². The Morgan fingerprint density at radius 1 is 1.08 bits per heavy atom. The molecule has 2 N–H and O–H groups in total. The minimum atomic E-state index is -3.47. The van der Waals surface area contributed by atoms with Crippen LogP contribution >= 0.6 is 0 Å². The molecule has 0 radical (unpaired) electrons. The highest BCUT2D eigenvalue weighted by atomic mass is 32.2. The molecule has 0 spiro atoms. The highest BCUT2D eigenvalue weighted by Crippen LogP contribution is 2.36. The van der Waals surface area contributed by atoms with Crippen LogP contribution in [0.1, 0.15) is 24.8 Å². The Morgan fingerprint density at radius 2 is 1.60 bits per heavy atom. The summed E-state index contributed by atoms with van der Waals surface area (Å²) in [6.07, 6.45) is -0.494. The second kappa shape index (κ2) is 7.05. The Bertz CT molecular complexity index is 712. The number of hydrogen-bond acceptors (Lipinski definition) is 5. The van der Waals surface area contributed by atoms with Crippen molar-refractivity contribution in [2.75, 3.05) is 18.8 Å². The fraction of sp³-hybridized carbons (Fsp3) is 0.611. The van der Waals surface area contributed by atoms with Gasteiger partial charge in [0.15, 0.2) is 9.84 Å². The van der Waals surface area contributed by atoms with Gasteiger partial charge in [-0.25, -0.2) is 8.42 Å². The maximum atomic E-state index is 12.4. The normalized spacial score (nSPS) is 29.5. The van der Waals surface area contributed by atoms with Crippen LogP contribution in [0.2, 0.25) is 0 Å². The molecule has 1 amide bonds. The smallest absolute Gasteiger partial charge is 0.223 e. The minimum Gasteiger partial charge on any atom is -0.390 e. The summed E-state index contributed by atoms with van der Waals surface area (Å²) in [5, 5.41) is 19.5. The molecule has 1 aliphatic heterocycles. The molecule has 1 heterocycles. The van der Waals surface area contributed by atoms with Crippen molar-refractivity contribution in [3.8, 4) is 0 Å². The number of aliphatic hydroxyl groups excluding tert-OH is 2. The number of carbonyl (C=O) groups excluding carboxylic acids is 1. The topological polar surface area (TPSA) is 94.9 Å². The zero-order valence-electron chi connectivity index (χ0n) is 14.3. The molecule has 1 aromatic carbocycles. The average molecular weight is 367 g/mol. The Labute approximate surface area is 148 Å². The van der Waals surface area contributed by atoms with E-state index in [4.69, 9.17) is 0 Å². The Kier molecular flexibility index (Phi) is 5.18. The molecule has 0 aromatic heterocycles. The molecule has 25 heavy (non-hydrogen) atoms. The Hall–Kier alpha value is -1.44. The molecule has 1 saturated carbocycles. The third kappa shape index (κ3) is 4.04. The van der Waals surface area contributed by atoms with E-state index in [0.717, 1.165) is 5.56 Å². The van der Waals surface area contributed by atoms with Crippen LogP contribution in [-0.2, 0) is 14.6 Å². The number of rotatable bonds is 4. The van der Waals surface area contributed by atoms with E-state index in [-0.39, 0.29) is 34.8 Å². The van der Waals surface area contributed by atoms with Gasteiger partial charge in [-0.3, -0.25) is 4.79 Å². The lowest BCUT2D eigenvalue weighted by Crippen LogP contribution is -2.38.